The van der Waals surface area contributed by atoms with Crippen molar-refractivity contribution in [3.63, 3.8) is 0 Å². The molecule has 4 heteroatoms. The number of nitrogens with one attached hydrogen (secondary N) is 1. The zero-order valence-corrected chi connectivity index (χ0v) is 12.6. The van der Waals surface area contributed by atoms with Crippen LogP contribution in [0.5, 0.6) is 0 Å². The monoisotopic (exact) mass is 292 g/mol. The van der Waals surface area contributed by atoms with Gasteiger partial charge in [-0.05, 0) is 50.2 Å². The number of benzene rings is 1. The molecular formula is C17H25FN2O. The second kappa shape index (κ2) is 7.55. The molecule has 3 N–H and O–H groups in total. The van der Waals surface area contributed by atoms with Crippen LogP contribution in [0, 0.1) is 11.7 Å². The van der Waals surface area contributed by atoms with Crippen molar-refractivity contribution in [3.8, 4) is 0 Å². The predicted molar refractivity (Wildman–Crippen MR) is 82.3 cm³/mol. The van der Waals surface area contributed by atoms with Crippen LogP contribution in [0.1, 0.15) is 44.6 Å². The Bertz CT molecular complexity index is 470. The summed E-state index contributed by atoms with van der Waals surface area (Å²) >= 11 is 0. The highest BCUT2D eigenvalue weighted by molar-refractivity contribution is 5.78. The Kier molecular flexibility index (Phi) is 5.74. The standard InChI is InChI=1S/C17H25FN2O/c1-12(6-7-13-4-2-3-5-16(13)18)17(21)20-15-10-8-14(19)9-11-15/h2-5,12,14-15H,6-11,19H2,1H3,(H,20,21). The van der Waals surface area contributed by atoms with Crippen LogP contribution in [-0.2, 0) is 11.2 Å². The van der Waals surface area contributed by atoms with Crippen LogP contribution < -0.4 is 11.1 Å². The molecule has 0 spiro atoms. The van der Waals surface area contributed by atoms with Crippen LogP contribution in [0.25, 0.3) is 0 Å². The minimum atomic E-state index is -0.189. The van der Waals surface area contributed by atoms with Gasteiger partial charge in [-0.25, -0.2) is 4.39 Å². The molecule has 0 bridgehead atoms. The van der Waals surface area contributed by atoms with Gasteiger partial charge in [0.25, 0.3) is 0 Å². The van der Waals surface area contributed by atoms with Crippen molar-refractivity contribution in [2.45, 2.75) is 57.5 Å². The highest BCUT2D eigenvalue weighted by Gasteiger charge is 2.22. The largest absolute Gasteiger partial charge is 0.353 e. The smallest absolute Gasteiger partial charge is 0.223 e. The Morgan fingerprint density at radius 1 is 1.33 bits per heavy atom. The fourth-order valence-corrected chi connectivity index (χ4v) is 2.81. The van der Waals surface area contributed by atoms with Gasteiger partial charge >= 0.3 is 0 Å². The zero-order valence-electron chi connectivity index (χ0n) is 12.6. The van der Waals surface area contributed by atoms with Gasteiger partial charge in [-0.3, -0.25) is 4.79 Å². The van der Waals surface area contributed by atoms with Crippen molar-refractivity contribution in [1.82, 2.24) is 5.32 Å². The molecule has 1 unspecified atom stereocenters. The number of hydrogen-bond donors (Lipinski definition) is 2. The number of halogens is 1. The topological polar surface area (TPSA) is 55.1 Å². The molecule has 0 heterocycles. The molecule has 1 aliphatic carbocycles. The molecule has 1 aromatic carbocycles. The number of amides is 1. The van der Waals surface area contributed by atoms with Gasteiger partial charge in [-0.1, -0.05) is 25.1 Å². The van der Waals surface area contributed by atoms with E-state index in [2.05, 4.69) is 5.32 Å². The van der Waals surface area contributed by atoms with E-state index < -0.39 is 0 Å². The molecule has 1 amide bonds. The van der Waals surface area contributed by atoms with E-state index >= 15 is 0 Å². The summed E-state index contributed by atoms with van der Waals surface area (Å²) in [7, 11) is 0. The molecule has 2 rings (SSSR count). The van der Waals surface area contributed by atoms with E-state index in [-0.39, 0.29) is 29.7 Å². The maximum absolute atomic E-state index is 13.5. The predicted octanol–water partition coefficient (Wildman–Crippen LogP) is 2.78. The van der Waals surface area contributed by atoms with Crippen molar-refractivity contribution >= 4 is 5.91 Å². The van der Waals surface area contributed by atoms with Gasteiger partial charge < -0.3 is 11.1 Å². The Labute approximate surface area is 126 Å². The number of rotatable bonds is 5. The summed E-state index contributed by atoms with van der Waals surface area (Å²) in [4.78, 5) is 12.2. The van der Waals surface area contributed by atoms with E-state index in [1.54, 1.807) is 12.1 Å². The number of nitrogens with two attached hydrogens (primary N) is 1. The van der Waals surface area contributed by atoms with Crippen molar-refractivity contribution in [2.75, 3.05) is 0 Å². The van der Waals surface area contributed by atoms with Crippen LogP contribution in [-0.4, -0.2) is 18.0 Å². The molecule has 0 radical (unpaired) electrons. The van der Waals surface area contributed by atoms with E-state index in [9.17, 15) is 9.18 Å². The maximum Gasteiger partial charge on any atom is 0.223 e. The average molecular weight is 292 g/mol. The highest BCUT2D eigenvalue weighted by Crippen LogP contribution is 2.18. The van der Waals surface area contributed by atoms with E-state index in [1.807, 2.05) is 13.0 Å². The highest BCUT2D eigenvalue weighted by atomic mass is 19.1. The van der Waals surface area contributed by atoms with Gasteiger partial charge in [-0.2, -0.15) is 0 Å². The number of carbonyl (C=O) groups excluding carboxylic acids is 1. The Balaban J connectivity index is 1.76. The van der Waals surface area contributed by atoms with Crippen LogP contribution in [0.2, 0.25) is 0 Å². The summed E-state index contributed by atoms with van der Waals surface area (Å²) in [5.41, 5.74) is 6.55. The lowest BCUT2D eigenvalue weighted by Gasteiger charge is -2.27. The molecular weight excluding hydrogens is 267 g/mol. The third-order valence-electron chi connectivity index (χ3n) is 4.37. The molecule has 0 aliphatic heterocycles. The van der Waals surface area contributed by atoms with Gasteiger partial charge in [0.1, 0.15) is 5.82 Å². The number of hydrogen-bond acceptors (Lipinski definition) is 2. The molecule has 21 heavy (non-hydrogen) atoms. The number of carbonyl (C=O) groups is 1. The Morgan fingerprint density at radius 3 is 2.67 bits per heavy atom. The molecule has 1 aliphatic rings. The summed E-state index contributed by atoms with van der Waals surface area (Å²) < 4.78 is 13.5. The minimum Gasteiger partial charge on any atom is -0.353 e. The van der Waals surface area contributed by atoms with E-state index in [0.717, 1.165) is 25.7 Å². The van der Waals surface area contributed by atoms with Crippen LogP contribution in [0.3, 0.4) is 0 Å². The first-order valence-electron chi connectivity index (χ1n) is 7.85. The molecule has 1 atom stereocenters. The van der Waals surface area contributed by atoms with Gasteiger partial charge in [-0.15, -0.1) is 0 Å². The molecule has 0 aromatic heterocycles. The molecule has 116 valence electrons. The number of aryl methyl sites for hydroxylation is 1. The zero-order chi connectivity index (χ0) is 15.2. The lowest BCUT2D eigenvalue weighted by molar-refractivity contribution is -0.125. The molecule has 1 saturated carbocycles. The SMILES string of the molecule is CC(CCc1ccccc1F)C(=O)NC1CCC(N)CC1. The first-order valence-corrected chi connectivity index (χ1v) is 7.85. The first kappa shape index (κ1) is 16.0. The fourth-order valence-electron chi connectivity index (χ4n) is 2.81. The van der Waals surface area contributed by atoms with Crippen LogP contribution >= 0.6 is 0 Å². The molecule has 1 fully saturated rings. The van der Waals surface area contributed by atoms with Gasteiger partial charge in [0.05, 0.1) is 0 Å². The second-order valence-corrected chi connectivity index (χ2v) is 6.15. The van der Waals surface area contributed by atoms with Gasteiger partial charge in [0.15, 0.2) is 0 Å². The first-order chi connectivity index (χ1) is 10.1. The fraction of sp³-hybridized carbons (Fsp3) is 0.588. The van der Waals surface area contributed by atoms with Gasteiger partial charge in [0, 0.05) is 18.0 Å². The lowest BCUT2D eigenvalue weighted by atomic mass is 9.91. The Morgan fingerprint density at radius 2 is 2.00 bits per heavy atom. The second-order valence-electron chi connectivity index (χ2n) is 6.15. The normalized spacial score (nSPS) is 23.6. The van der Waals surface area contributed by atoms with Crippen LogP contribution in [0.4, 0.5) is 4.39 Å². The molecule has 3 nitrogen and oxygen atoms in total. The minimum absolute atomic E-state index is 0.0758. The van der Waals surface area contributed by atoms with Crippen molar-refractivity contribution in [1.29, 1.82) is 0 Å². The summed E-state index contributed by atoms with van der Waals surface area (Å²) in [6, 6.07) is 7.30. The van der Waals surface area contributed by atoms with Crippen molar-refractivity contribution < 1.29 is 9.18 Å². The summed E-state index contributed by atoms with van der Waals surface area (Å²) in [6.07, 6.45) is 5.15. The summed E-state index contributed by atoms with van der Waals surface area (Å²) in [6.45, 7) is 1.91. The molecule has 1 aromatic rings. The third kappa shape index (κ3) is 4.81. The van der Waals surface area contributed by atoms with Crippen LogP contribution in [0.15, 0.2) is 24.3 Å². The van der Waals surface area contributed by atoms with Crippen molar-refractivity contribution in [2.24, 2.45) is 11.7 Å². The summed E-state index contributed by atoms with van der Waals surface area (Å²) in [5.74, 6) is -0.210. The molecule has 0 saturated heterocycles. The maximum atomic E-state index is 13.5. The van der Waals surface area contributed by atoms with E-state index in [1.165, 1.54) is 6.07 Å². The lowest BCUT2D eigenvalue weighted by Crippen LogP contribution is -2.42. The average Bonchev–Trinajstić information content (AvgIpc) is 2.48. The quantitative estimate of drug-likeness (QED) is 0.877. The Hall–Kier alpha value is -1.42. The summed E-state index contributed by atoms with van der Waals surface area (Å²) in [5, 5.41) is 3.10. The van der Waals surface area contributed by atoms with Gasteiger partial charge in [0.2, 0.25) is 5.91 Å². The third-order valence-corrected chi connectivity index (χ3v) is 4.37. The van der Waals surface area contributed by atoms with E-state index in [0.29, 0.717) is 18.4 Å². The van der Waals surface area contributed by atoms with Crippen molar-refractivity contribution in [3.05, 3.63) is 35.6 Å². The van der Waals surface area contributed by atoms with E-state index in [4.69, 9.17) is 5.73 Å².